The molecule has 0 aromatic carbocycles. The van der Waals surface area contributed by atoms with Gasteiger partial charge in [-0.05, 0) is 27.2 Å². The zero-order valence-electron chi connectivity index (χ0n) is 11.0. The molecule has 1 unspecified atom stereocenters. The smallest absolute Gasteiger partial charge is 0.410 e. The van der Waals surface area contributed by atoms with Crippen LogP contribution in [0.1, 0.15) is 27.2 Å². The molecule has 1 atom stereocenters. The lowest BCUT2D eigenvalue weighted by molar-refractivity contribution is -0.0298. The normalized spacial score (nSPS) is 26.6. The van der Waals surface area contributed by atoms with Crippen LogP contribution in [0.2, 0.25) is 0 Å². The zero-order chi connectivity index (χ0) is 13.6. The van der Waals surface area contributed by atoms with Gasteiger partial charge in [-0.25, -0.2) is 13.6 Å². The quantitative estimate of drug-likeness (QED) is 0.784. The molecule has 18 heavy (non-hydrogen) atoms. The van der Waals surface area contributed by atoms with Crippen molar-refractivity contribution in [2.45, 2.75) is 45.3 Å². The molecule has 2 aliphatic rings. The Morgan fingerprint density at radius 3 is 2.50 bits per heavy atom. The minimum Gasteiger partial charge on any atom is -0.444 e. The van der Waals surface area contributed by atoms with Crippen molar-refractivity contribution in [1.29, 1.82) is 0 Å². The van der Waals surface area contributed by atoms with E-state index < -0.39 is 18.1 Å². The molecule has 2 aliphatic heterocycles. The largest absolute Gasteiger partial charge is 0.444 e. The molecule has 2 saturated heterocycles. The average molecular weight is 262 g/mol. The van der Waals surface area contributed by atoms with Crippen LogP contribution in [0.25, 0.3) is 0 Å². The van der Waals surface area contributed by atoms with E-state index >= 15 is 0 Å². The van der Waals surface area contributed by atoms with E-state index in [2.05, 4.69) is 5.32 Å². The van der Waals surface area contributed by atoms with E-state index in [1.54, 1.807) is 4.90 Å². The first-order chi connectivity index (χ1) is 8.21. The van der Waals surface area contributed by atoms with Crippen LogP contribution in [0.5, 0.6) is 0 Å². The van der Waals surface area contributed by atoms with Crippen LogP contribution in [-0.4, -0.2) is 48.7 Å². The summed E-state index contributed by atoms with van der Waals surface area (Å²) in [6, 6.07) is -0.731. The highest BCUT2D eigenvalue weighted by Gasteiger charge is 2.52. The number of carbonyl (C=O) groups excluding carboxylic acids is 1. The Morgan fingerprint density at radius 2 is 2.06 bits per heavy atom. The number of rotatable bonds is 1. The van der Waals surface area contributed by atoms with Gasteiger partial charge in [-0.1, -0.05) is 0 Å². The molecular formula is C12H20F2N2O2. The van der Waals surface area contributed by atoms with E-state index in [-0.39, 0.29) is 11.5 Å². The minimum absolute atomic E-state index is 0.169. The monoisotopic (exact) mass is 262 g/mol. The summed E-state index contributed by atoms with van der Waals surface area (Å²) in [6.07, 6.45) is -2.25. The number of ether oxygens (including phenoxy) is 1. The molecule has 0 saturated carbocycles. The fraction of sp³-hybridized carbons (Fsp3) is 0.917. The standard InChI is InChI=1S/C12H20F2N2O2/c1-11(2,3)18-10(17)16-6-12(7-16)4-8(9(13)14)15-5-12/h8-9,15H,4-7H2,1-3H3. The van der Waals surface area contributed by atoms with Crippen LogP contribution in [-0.2, 0) is 4.74 Å². The van der Waals surface area contributed by atoms with Crippen molar-refractivity contribution in [3.8, 4) is 0 Å². The van der Waals surface area contributed by atoms with Gasteiger partial charge in [0.05, 0.1) is 6.04 Å². The van der Waals surface area contributed by atoms with Crippen molar-refractivity contribution >= 4 is 6.09 Å². The predicted octanol–water partition coefficient (Wildman–Crippen LogP) is 1.85. The van der Waals surface area contributed by atoms with Gasteiger partial charge < -0.3 is 15.0 Å². The van der Waals surface area contributed by atoms with Crippen molar-refractivity contribution < 1.29 is 18.3 Å². The Hall–Kier alpha value is -0.910. The number of nitrogens with one attached hydrogen (secondary N) is 1. The van der Waals surface area contributed by atoms with Crippen molar-refractivity contribution in [2.24, 2.45) is 5.41 Å². The molecule has 0 aromatic rings. The van der Waals surface area contributed by atoms with E-state index in [9.17, 15) is 13.6 Å². The fourth-order valence-corrected chi connectivity index (χ4v) is 2.60. The first-order valence-corrected chi connectivity index (χ1v) is 6.20. The SMILES string of the molecule is CC(C)(C)OC(=O)N1CC2(CNC(C(F)F)C2)C1. The van der Waals surface area contributed by atoms with Crippen molar-refractivity contribution in [2.75, 3.05) is 19.6 Å². The third kappa shape index (κ3) is 2.74. The molecule has 6 heteroatoms. The van der Waals surface area contributed by atoms with E-state index in [1.165, 1.54) is 0 Å². The van der Waals surface area contributed by atoms with Crippen molar-refractivity contribution in [3.05, 3.63) is 0 Å². The van der Waals surface area contributed by atoms with Crippen molar-refractivity contribution in [1.82, 2.24) is 10.2 Å². The molecule has 0 radical (unpaired) electrons. The maximum absolute atomic E-state index is 12.6. The summed E-state index contributed by atoms with van der Waals surface area (Å²) in [5.74, 6) is 0. The van der Waals surface area contributed by atoms with Crippen LogP contribution in [0.3, 0.4) is 0 Å². The van der Waals surface area contributed by atoms with Gasteiger partial charge in [0.25, 0.3) is 6.43 Å². The Balaban J connectivity index is 1.82. The van der Waals surface area contributed by atoms with Gasteiger partial charge in [0, 0.05) is 25.0 Å². The van der Waals surface area contributed by atoms with Gasteiger partial charge in [0.1, 0.15) is 5.60 Å². The topological polar surface area (TPSA) is 41.6 Å². The summed E-state index contributed by atoms with van der Waals surface area (Å²) in [7, 11) is 0. The molecule has 4 nitrogen and oxygen atoms in total. The Morgan fingerprint density at radius 1 is 1.44 bits per heavy atom. The second-order valence-corrected chi connectivity index (χ2v) is 6.36. The second kappa shape index (κ2) is 4.33. The number of halogens is 2. The maximum atomic E-state index is 12.6. The zero-order valence-corrected chi connectivity index (χ0v) is 11.0. The van der Waals surface area contributed by atoms with Gasteiger partial charge in [-0.2, -0.15) is 0 Å². The van der Waals surface area contributed by atoms with E-state index in [0.29, 0.717) is 26.1 Å². The number of alkyl halides is 2. The van der Waals surface area contributed by atoms with Gasteiger partial charge in [0.15, 0.2) is 0 Å². The van der Waals surface area contributed by atoms with Crippen molar-refractivity contribution in [3.63, 3.8) is 0 Å². The minimum atomic E-state index is -2.33. The first-order valence-electron chi connectivity index (χ1n) is 6.20. The third-order valence-electron chi connectivity index (χ3n) is 3.40. The number of hydrogen-bond donors (Lipinski definition) is 1. The third-order valence-corrected chi connectivity index (χ3v) is 3.40. The molecular weight excluding hydrogens is 242 g/mol. The molecule has 1 spiro atoms. The van der Waals surface area contributed by atoms with Gasteiger partial charge in [-0.15, -0.1) is 0 Å². The maximum Gasteiger partial charge on any atom is 0.410 e. The molecule has 0 bridgehead atoms. The van der Waals surface area contributed by atoms with Crippen LogP contribution in [0.4, 0.5) is 13.6 Å². The highest BCUT2D eigenvalue weighted by Crippen LogP contribution is 2.40. The van der Waals surface area contributed by atoms with Crippen LogP contribution in [0, 0.1) is 5.41 Å². The Bertz CT molecular complexity index is 335. The predicted molar refractivity (Wildman–Crippen MR) is 62.7 cm³/mol. The van der Waals surface area contributed by atoms with E-state index in [1.807, 2.05) is 20.8 Å². The average Bonchev–Trinajstić information content (AvgIpc) is 2.56. The summed E-state index contributed by atoms with van der Waals surface area (Å²) >= 11 is 0. The molecule has 1 N–H and O–H groups in total. The lowest BCUT2D eigenvalue weighted by Gasteiger charge is -2.47. The van der Waals surface area contributed by atoms with E-state index in [4.69, 9.17) is 4.74 Å². The van der Waals surface area contributed by atoms with Crippen LogP contribution >= 0.6 is 0 Å². The summed E-state index contributed by atoms with van der Waals surface area (Å²) in [4.78, 5) is 13.3. The summed E-state index contributed by atoms with van der Waals surface area (Å²) in [5, 5.41) is 2.83. The molecule has 0 aliphatic carbocycles. The van der Waals surface area contributed by atoms with Gasteiger partial charge in [0.2, 0.25) is 0 Å². The molecule has 2 fully saturated rings. The summed E-state index contributed by atoms with van der Waals surface area (Å²) < 4.78 is 30.3. The number of nitrogens with zero attached hydrogens (tertiary/aromatic N) is 1. The molecule has 2 heterocycles. The number of carbonyl (C=O) groups is 1. The van der Waals surface area contributed by atoms with Crippen LogP contribution < -0.4 is 5.32 Å². The van der Waals surface area contributed by atoms with E-state index in [0.717, 1.165) is 0 Å². The fourth-order valence-electron chi connectivity index (χ4n) is 2.60. The highest BCUT2D eigenvalue weighted by atomic mass is 19.3. The van der Waals surface area contributed by atoms with Crippen LogP contribution in [0.15, 0.2) is 0 Å². The number of hydrogen-bond acceptors (Lipinski definition) is 3. The second-order valence-electron chi connectivity index (χ2n) is 6.36. The molecule has 1 amide bonds. The number of amides is 1. The molecule has 0 aromatic heterocycles. The molecule has 104 valence electrons. The summed E-state index contributed by atoms with van der Waals surface area (Å²) in [6.45, 7) is 7.01. The van der Waals surface area contributed by atoms with Gasteiger partial charge >= 0.3 is 6.09 Å². The highest BCUT2D eigenvalue weighted by molar-refractivity contribution is 5.69. The lowest BCUT2D eigenvalue weighted by atomic mass is 9.78. The number of likely N-dealkylation sites (tertiary alicyclic amines) is 1. The van der Waals surface area contributed by atoms with Gasteiger partial charge in [-0.3, -0.25) is 0 Å². The molecule has 2 rings (SSSR count). The Labute approximate surface area is 106 Å². The Kier molecular flexibility index (Phi) is 3.25. The summed E-state index contributed by atoms with van der Waals surface area (Å²) in [5.41, 5.74) is -0.683. The first kappa shape index (κ1) is 13.5. The lowest BCUT2D eigenvalue weighted by Crippen LogP contribution is -2.60.